The molecule has 0 fully saturated rings. The molecule has 4 nitrogen and oxygen atoms in total. The van der Waals surface area contributed by atoms with Crippen molar-refractivity contribution in [1.82, 2.24) is 4.98 Å². The summed E-state index contributed by atoms with van der Waals surface area (Å²) >= 11 is 0.990. The lowest BCUT2D eigenvalue weighted by molar-refractivity contribution is -0.256. The maximum atomic E-state index is 14.4. The number of halogens is 4. The Kier molecular flexibility index (Phi) is 7.43. The fourth-order valence-corrected chi connectivity index (χ4v) is 4.41. The lowest BCUT2D eigenvalue weighted by atomic mass is 9.88. The smallest absolute Gasteiger partial charge is 0.420 e. The molecule has 0 aliphatic heterocycles. The van der Waals surface area contributed by atoms with Gasteiger partial charge in [-0.15, -0.1) is 0 Å². The molecule has 3 aromatic rings. The van der Waals surface area contributed by atoms with Crippen molar-refractivity contribution in [2.75, 3.05) is 18.2 Å². The average Bonchev–Trinajstić information content (AvgIpc) is 2.75. The Morgan fingerprint density at radius 3 is 2.48 bits per heavy atom. The highest BCUT2D eigenvalue weighted by Crippen LogP contribution is 2.45. The molecule has 2 unspecified atom stereocenters. The summed E-state index contributed by atoms with van der Waals surface area (Å²) in [5, 5.41) is 14.5. The molecule has 0 aliphatic rings. The Balaban J connectivity index is 2.19. The van der Waals surface area contributed by atoms with Crippen LogP contribution >= 0.6 is 11.8 Å². The second-order valence-electron chi connectivity index (χ2n) is 8.08. The van der Waals surface area contributed by atoms with Crippen LogP contribution in [0.1, 0.15) is 31.1 Å². The zero-order chi connectivity index (χ0) is 24.4. The van der Waals surface area contributed by atoms with Crippen molar-refractivity contribution >= 4 is 28.4 Å². The number of ether oxygens (including phenoxy) is 1. The van der Waals surface area contributed by atoms with E-state index < -0.39 is 29.4 Å². The third-order valence-electron chi connectivity index (χ3n) is 5.28. The van der Waals surface area contributed by atoms with Gasteiger partial charge in [0.25, 0.3) is 0 Å². The molecule has 0 radical (unpaired) electrons. The maximum absolute atomic E-state index is 14.4. The monoisotopic (exact) mass is 482 g/mol. The summed E-state index contributed by atoms with van der Waals surface area (Å²) in [6.07, 6.45) is -4.98. The van der Waals surface area contributed by atoms with E-state index >= 15 is 0 Å². The molecule has 2 N–H and O–H groups in total. The van der Waals surface area contributed by atoms with Gasteiger partial charge in [-0.3, -0.25) is 4.98 Å². The minimum Gasteiger partial charge on any atom is -0.494 e. The standard InChI is InChI=1S/C24H26F4N2O2S/c1-14(2)33-13-23(31,24(26,27)28)22(16-9-11-18(25)21(12-16)32-4)30-20-7-5-6-19-17(20)10-8-15(3)29-19/h5-12,14,22,30-31H,13H2,1-4H3. The van der Waals surface area contributed by atoms with Crippen LogP contribution in [0.15, 0.2) is 48.5 Å². The van der Waals surface area contributed by atoms with E-state index in [0.717, 1.165) is 23.5 Å². The number of methoxy groups -OCH3 is 1. The predicted octanol–water partition coefficient (Wildman–Crippen LogP) is 6.28. The second kappa shape index (κ2) is 9.77. The third-order valence-corrected chi connectivity index (χ3v) is 6.56. The molecule has 0 spiro atoms. The number of thioether (sulfide) groups is 1. The molecular formula is C24H26F4N2O2S. The minimum absolute atomic E-state index is 0.0366. The summed E-state index contributed by atoms with van der Waals surface area (Å²) < 4.78 is 62.2. The molecule has 2 atom stereocenters. The highest BCUT2D eigenvalue weighted by atomic mass is 32.2. The molecular weight excluding hydrogens is 456 g/mol. The van der Waals surface area contributed by atoms with Gasteiger partial charge in [-0.2, -0.15) is 24.9 Å². The van der Waals surface area contributed by atoms with Crippen molar-refractivity contribution in [3.63, 3.8) is 0 Å². The Bertz CT molecular complexity index is 1120. The Labute approximate surface area is 194 Å². The van der Waals surface area contributed by atoms with Crippen LogP contribution in [0.2, 0.25) is 0 Å². The Hall–Kier alpha value is -2.52. The van der Waals surface area contributed by atoms with Gasteiger partial charge >= 0.3 is 6.18 Å². The van der Waals surface area contributed by atoms with Crippen LogP contribution in [0.3, 0.4) is 0 Å². The molecule has 1 aromatic heterocycles. The molecule has 0 amide bonds. The normalized spacial score (nSPS) is 14.8. The molecule has 2 aromatic carbocycles. The van der Waals surface area contributed by atoms with Crippen LogP contribution in [0.25, 0.3) is 10.9 Å². The molecule has 9 heteroatoms. The van der Waals surface area contributed by atoms with E-state index in [2.05, 4.69) is 10.3 Å². The highest BCUT2D eigenvalue weighted by molar-refractivity contribution is 7.99. The maximum Gasteiger partial charge on any atom is 0.420 e. The number of hydrogen-bond acceptors (Lipinski definition) is 5. The quantitative estimate of drug-likeness (QED) is 0.370. The number of alkyl halides is 3. The van der Waals surface area contributed by atoms with Gasteiger partial charge in [0.05, 0.1) is 18.7 Å². The fourth-order valence-electron chi connectivity index (χ4n) is 3.50. The first-order valence-corrected chi connectivity index (χ1v) is 11.4. The number of aryl methyl sites for hydroxylation is 1. The topological polar surface area (TPSA) is 54.4 Å². The number of benzene rings is 2. The first-order chi connectivity index (χ1) is 15.5. The van der Waals surface area contributed by atoms with Gasteiger partial charge in [0, 0.05) is 22.5 Å². The number of anilines is 1. The zero-order valence-electron chi connectivity index (χ0n) is 18.7. The van der Waals surface area contributed by atoms with Crippen molar-refractivity contribution in [3.05, 3.63) is 65.6 Å². The average molecular weight is 483 g/mol. The third kappa shape index (κ3) is 5.35. The molecule has 3 rings (SSSR count). The van der Waals surface area contributed by atoms with E-state index in [9.17, 15) is 22.7 Å². The molecule has 0 saturated heterocycles. The van der Waals surface area contributed by atoms with Crippen molar-refractivity contribution in [2.45, 2.75) is 43.8 Å². The van der Waals surface area contributed by atoms with E-state index in [1.165, 1.54) is 19.2 Å². The summed E-state index contributed by atoms with van der Waals surface area (Å²) in [6.45, 7) is 5.33. The second-order valence-corrected chi connectivity index (χ2v) is 9.64. The first-order valence-electron chi connectivity index (χ1n) is 10.3. The Morgan fingerprint density at radius 1 is 1.12 bits per heavy atom. The predicted molar refractivity (Wildman–Crippen MR) is 124 cm³/mol. The van der Waals surface area contributed by atoms with Crippen LogP contribution in [-0.4, -0.2) is 40.0 Å². The lowest BCUT2D eigenvalue weighted by Crippen LogP contribution is -2.55. The number of rotatable bonds is 8. The highest BCUT2D eigenvalue weighted by Gasteiger charge is 2.59. The fraction of sp³-hybridized carbons (Fsp3) is 0.375. The van der Waals surface area contributed by atoms with Crippen LogP contribution in [0, 0.1) is 12.7 Å². The van der Waals surface area contributed by atoms with Crippen molar-refractivity contribution in [1.29, 1.82) is 0 Å². The molecule has 0 saturated carbocycles. The number of nitrogens with one attached hydrogen (secondary N) is 1. The van der Waals surface area contributed by atoms with E-state index in [1.807, 2.05) is 6.92 Å². The van der Waals surface area contributed by atoms with E-state index in [1.54, 1.807) is 44.2 Å². The SMILES string of the molecule is COc1cc(C(Nc2cccc3nc(C)ccc23)C(O)(CSC(C)C)C(F)(F)F)ccc1F. The van der Waals surface area contributed by atoms with E-state index in [0.29, 0.717) is 16.6 Å². The summed E-state index contributed by atoms with van der Waals surface area (Å²) in [7, 11) is 1.23. The lowest BCUT2D eigenvalue weighted by Gasteiger charge is -2.39. The molecule has 1 heterocycles. The number of aromatic nitrogens is 1. The number of aliphatic hydroxyl groups is 1. The van der Waals surface area contributed by atoms with Crippen LogP contribution in [0.4, 0.5) is 23.2 Å². The van der Waals surface area contributed by atoms with Gasteiger partial charge in [-0.1, -0.05) is 26.0 Å². The summed E-state index contributed by atoms with van der Waals surface area (Å²) in [5.74, 6) is -1.54. The van der Waals surface area contributed by atoms with Crippen molar-refractivity contribution in [2.24, 2.45) is 0 Å². The van der Waals surface area contributed by atoms with Gasteiger partial charge in [0.15, 0.2) is 17.2 Å². The summed E-state index contributed by atoms with van der Waals surface area (Å²) in [4.78, 5) is 4.43. The number of nitrogens with zero attached hydrogens (tertiary/aromatic N) is 1. The van der Waals surface area contributed by atoms with Crippen molar-refractivity contribution < 1.29 is 27.4 Å². The van der Waals surface area contributed by atoms with Gasteiger partial charge in [0.2, 0.25) is 0 Å². The molecule has 0 aliphatic carbocycles. The number of hydrogen-bond donors (Lipinski definition) is 2. The van der Waals surface area contributed by atoms with E-state index in [4.69, 9.17) is 4.74 Å². The van der Waals surface area contributed by atoms with Gasteiger partial charge in [-0.25, -0.2) is 4.39 Å². The minimum atomic E-state index is -4.98. The van der Waals surface area contributed by atoms with Crippen LogP contribution < -0.4 is 10.1 Å². The van der Waals surface area contributed by atoms with Gasteiger partial charge < -0.3 is 15.2 Å². The molecule has 0 bridgehead atoms. The Morgan fingerprint density at radius 2 is 1.85 bits per heavy atom. The first kappa shape index (κ1) is 25.1. The van der Waals surface area contributed by atoms with Gasteiger partial charge in [-0.05, 0) is 54.1 Å². The van der Waals surface area contributed by atoms with Crippen molar-refractivity contribution in [3.8, 4) is 5.75 Å². The van der Waals surface area contributed by atoms with Gasteiger partial charge in [0.1, 0.15) is 0 Å². The molecule has 178 valence electrons. The largest absolute Gasteiger partial charge is 0.494 e. The van der Waals surface area contributed by atoms with E-state index in [-0.39, 0.29) is 16.6 Å². The zero-order valence-corrected chi connectivity index (χ0v) is 19.5. The summed E-state index contributed by atoms with van der Waals surface area (Å²) in [6, 6.07) is 10.4. The van der Waals surface area contributed by atoms with Crippen LogP contribution in [0.5, 0.6) is 5.75 Å². The molecule has 33 heavy (non-hydrogen) atoms. The number of pyridine rings is 1. The summed E-state index contributed by atoms with van der Waals surface area (Å²) in [5.41, 5.74) is -1.40. The number of fused-ring (bicyclic) bond motifs is 1. The van der Waals surface area contributed by atoms with Crippen LogP contribution in [-0.2, 0) is 0 Å².